The third kappa shape index (κ3) is 3.41. The van der Waals surface area contributed by atoms with Crippen molar-refractivity contribution in [3.63, 3.8) is 0 Å². The fourth-order valence-corrected chi connectivity index (χ4v) is 2.59. The lowest BCUT2D eigenvalue weighted by atomic mass is 10.1. The maximum atomic E-state index is 10.2. The van der Waals surface area contributed by atoms with Gasteiger partial charge in [-0.15, -0.1) is 0 Å². The molecule has 2 aromatic rings. The van der Waals surface area contributed by atoms with Crippen LogP contribution in [0.25, 0.3) is 0 Å². The van der Waals surface area contributed by atoms with Crippen LogP contribution in [0.3, 0.4) is 0 Å². The molecule has 18 heavy (non-hydrogen) atoms. The highest BCUT2D eigenvalue weighted by Gasteiger charge is 2.13. The van der Waals surface area contributed by atoms with Gasteiger partial charge in [0.05, 0.1) is 11.8 Å². The first-order valence-electron chi connectivity index (χ1n) is 6.01. The second kappa shape index (κ2) is 6.68. The van der Waals surface area contributed by atoms with Crippen molar-refractivity contribution in [1.29, 1.82) is 0 Å². The smallest absolute Gasteiger partial charge is 0.0997 e. The minimum atomic E-state index is -0.496. The molecule has 1 N–H and O–H groups in total. The Labute approximate surface area is 111 Å². The maximum Gasteiger partial charge on any atom is 0.0997 e. The molecule has 4 nitrogen and oxygen atoms in total. The lowest BCUT2D eigenvalue weighted by molar-refractivity contribution is 0.161. The zero-order chi connectivity index (χ0) is 12.8. The molecule has 2 heterocycles. The van der Waals surface area contributed by atoms with Crippen LogP contribution in [0.1, 0.15) is 23.8 Å². The maximum absolute atomic E-state index is 10.2. The van der Waals surface area contributed by atoms with Gasteiger partial charge in [0.1, 0.15) is 0 Å². The topological polar surface area (TPSA) is 47.3 Å². The monoisotopic (exact) mass is 266 g/mol. The summed E-state index contributed by atoms with van der Waals surface area (Å²) in [6, 6.07) is 3.92. The zero-order valence-corrected chi connectivity index (χ0v) is 11.3. The summed E-state index contributed by atoms with van der Waals surface area (Å²) >= 11 is 1.65. The van der Waals surface area contributed by atoms with E-state index in [-0.39, 0.29) is 0 Å². The first kappa shape index (κ1) is 13.3. The van der Waals surface area contributed by atoms with Crippen LogP contribution in [-0.4, -0.2) is 28.6 Å². The van der Waals surface area contributed by atoms with Gasteiger partial charge in [0.15, 0.2) is 0 Å². The van der Waals surface area contributed by atoms with E-state index in [0.717, 1.165) is 24.2 Å². The Morgan fingerprint density at radius 3 is 3.11 bits per heavy atom. The highest BCUT2D eigenvalue weighted by Crippen LogP contribution is 2.19. The molecular formula is C13H18N2O2S. The minimum absolute atomic E-state index is 0.496. The van der Waals surface area contributed by atoms with E-state index in [1.165, 1.54) is 0 Å². The summed E-state index contributed by atoms with van der Waals surface area (Å²) < 4.78 is 6.88. The summed E-state index contributed by atoms with van der Waals surface area (Å²) in [4.78, 5) is 0. The number of aromatic nitrogens is 2. The van der Waals surface area contributed by atoms with Crippen LogP contribution in [0.5, 0.6) is 0 Å². The molecular weight excluding hydrogens is 248 g/mol. The van der Waals surface area contributed by atoms with Crippen molar-refractivity contribution in [3.8, 4) is 0 Å². The number of rotatable bonds is 7. The molecule has 0 aliphatic heterocycles. The number of aliphatic hydroxyl groups excluding tert-OH is 1. The van der Waals surface area contributed by atoms with Gasteiger partial charge < -0.3 is 9.84 Å². The number of hydrogen-bond acceptors (Lipinski definition) is 4. The molecule has 1 unspecified atom stereocenters. The number of ether oxygens (including phenoxy) is 1. The molecule has 5 heteroatoms. The molecule has 1 atom stereocenters. The van der Waals surface area contributed by atoms with E-state index in [2.05, 4.69) is 10.5 Å². The predicted molar refractivity (Wildman–Crippen MR) is 71.7 cm³/mol. The van der Waals surface area contributed by atoms with Crippen LogP contribution in [0.15, 0.2) is 29.1 Å². The van der Waals surface area contributed by atoms with Crippen molar-refractivity contribution in [1.82, 2.24) is 9.78 Å². The molecule has 0 bridgehead atoms. The van der Waals surface area contributed by atoms with E-state index in [1.807, 2.05) is 22.2 Å². The first-order valence-corrected chi connectivity index (χ1v) is 6.95. The Hall–Kier alpha value is -1.17. The average Bonchev–Trinajstić information content (AvgIpc) is 3.00. The SMILES string of the molecule is COCCCn1nccc1C(O)Cc1ccsc1. The second-order valence-electron chi connectivity index (χ2n) is 4.18. The molecule has 0 spiro atoms. The minimum Gasteiger partial charge on any atom is -0.386 e. The molecule has 0 saturated heterocycles. The highest BCUT2D eigenvalue weighted by atomic mass is 32.1. The van der Waals surface area contributed by atoms with Gasteiger partial charge in [0.25, 0.3) is 0 Å². The van der Waals surface area contributed by atoms with Gasteiger partial charge >= 0.3 is 0 Å². The van der Waals surface area contributed by atoms with E-state index in [0.29, 0.717) is 13.0 Å². The van der Waals surface area contributed by atoms with E-state index in [1.54, 1.807) is 24.6 Å². The number of aryl methyl sites for hydroxylation is 1. The summed E-state index contributed by atoms with van der Waals surface area (Å²) in [6.07, 6.45) is 2.78. The number of hydrogen-bond donors (Lipinski definition) is 1. The molecule has 0 amide bonds. The van der Waals surface area contributed by atoms with Crippen molar-refractivity contribution < 1.29 is 9.84 Å². The fraction of sp³-hybridized carbons (Fsp3) is 0.462. The molecule has 0 fully saturated rings. The molecule has 0 aromatic carbocycles. The average molecular weight is 266 g/mol. The molecule has 0 aliphatic rings. The Morgan fingerprint density at radius 1 is 1.50 bits per heavy atom. The standard InChI is InChI=1S/C13H18N2O2S/c1-17-7-2-6-15-12(3-5-14-15)13(16)9-11-4-8-18-10-11/h3-5,8,10,13,16H,2,6-7,9H2,1H3. The summed E-state index contributed by atoms with van der Waals surface area (Å²) in [5.74, 6) is 0. The number of aliphatic hydroxyl groups is 1. The van der Waals surface area contributed by atoms with Gasteiger partial charge in [-0.1, -0.05) is 0 Å². The summed E-state index contributed by atoms with van der Waals surface area (Å²) in [6.45, 7) is 1.48. The summed E-state index contributed by atoms with van der Waals surface area (Å²) in [5, 5.41) is 18.6. The van der Waals surface area contributed by atoms with Crippen molar-refractivity contribution in [3.05, 3.63) is 40.3 Å². The van der Waals surface area contributed by atoms with E-state index < -0.39 is 6.10 Å². The predicted octanol–water partition coefficient (Wildman–Crippen LogP) is 2.26. The molecule has 0 aliphatic carbocycles. The largest absolute Gasteiger partial charge is 0.386 e. The normalized spacial score (nSPS) is 12.8. The summed E-state index contributed by atoms with van der Waals surface area (Å²) in [5.41, 5.74) is 2.04. The van der Waals surface area contributed by atoms with Crippen LogP contribution >= 0.6 is 11.3 Å². The van der Waals surface area contributed by atoms with Gasteiger partial charge in [-0.25, -0.2) is 0 Å². The van der Waals surface area contributed by atoms with Crippen molar-refractivity contribution in [2.75, 3.05) is 13.7 Å². The fourth-order valence-electron chi connectivity index (χ4n) is 1.91. The molecule has 2 aromatic heterocycles. The van der Waals surface area contributed by atoms with E-state index in [4.69, 9.17) is 4.74 Å². The zero-order valence-electron chi connectivity index (χ0n) is 10.5. The molecule has 0 radical (unpaired) electrons. The number of thiophene rings is 1. The van der Waals surface area contributed by atoms with Crippen LogP contribution in [-0.2, 0) is 17.7 Å². The Morgan fingerprint density at radius 2 is 2.39 bits per heavy atom. The van der Waals surface area contributed by atoms with Crippen molar-refractivity contribution in [2.24, 2.45) is 0 Å². The van der Waals surface area contributed by atoms with Crippen LogP contribution in [0.4, 0.5) is 0 Å². The van der Waals surface area contributed by atoms with Gasteiger partial charge in [0, 0.05) is 32.9 Å². The quantitative estimate of drug-likeness (QED) is 0.782. The van der Waals surface area contributed by atoms with E-state index >= 15 is 0 Å². The molecule has 98 valence electrons. The lowest BCUT2D eigenvalue weighted by Crippen LogP contribution is -2.12. The van der Waals surface area contributed by atoms with Gasteiger partial charge in [-0.3, -0.25) is 4.68 Å². The Kier molecular flexibility index (Phi) is 4.92. The molecule has 2 rings (SSSR count). The highest BCUT2D eigenvalue weighted by molar-refractivity contribution is 7.07. The number of nitrogens with zero attached hydrogens (tertiary/aromatic N) is 2. The van der Waals surface area contributed by atoms with Crippen molar-refractivity contribution >= 4 is 11.3 Å². The Bertz CT molecular complexity index is 453. The second-order valence-corrected chi connectivity index (χ2v) is 4.96. The van der Waals surface area contributed by atoms with Crippen molar-refractivity contribution in [2.45, 2.75) is 25.5 Å². The number of methoxy groups -OCH3 is 1. The van der Waals surface area contributed by atoms with Crippen LogP contribution < -0.4 is 0 Å². The molecule has 0 saturated carbocycles. The summed E-state index contributed by atoms with van der Waals surface area (Å²) in [7, 11) is 1.69. The van der Waals surface area contributed by atoms with E-state index in [9.17, 15) is 5.11 Å². The third-order valence-corrected chi connectivity index (χ3v) is 3.55. The Balaban J connectivity index is 1.97. The lowest BCUT2D eigenvalue weighted by Gasteiger charge is -2.12. The van der Waals surface area contributed by atoms with Crippen LogP contribution in [0.2, 0.25) is 0 Å². The first-order chi connectivity index (χ1) is 8.81. The van der Waals surface area contributed by atoms with Gasteiger partial charge in [-0.2, -0.15) is 16.4 Å². The van der Waals surface area contributed by atoms with Gasteiger partial charge in [-0.05, 0) is 34.9 Å². The third-order valence-electron chi connectivity index (χ3n) is 2.82. The van der Waals surface area contributed by atoms with Gasteiger partial charge in [0.2, 0.25) is 0 Å². The van der Waals surface area contributed by atoms with Crippen LogP contribution in [0, 0.1) is 0 Å².